The summed E-state index contributed by atoms with van der Waals surface area (Å²) in [7, 11) is 0. The van der Waals surface area contributed by atoms with Crippen molar-refractivity contribution in [1.82, 2.24) is 9.97 Å². The molecule has 0 bridgehead atoms. The van der Waals surface area contributed by atoms with E-state index in [9.17, 15) is 25.5 Å². The first kappa shape index (κ1) is 37.7. The number of nitrogens with zero attached hydrogens (tertiary/aromatic N) is 1. The van der Waals surface area contributed by atoms with Gasteiger partial charge in [0.15, 0.2) is 11.5 Å². The summed E-state index contributed by atoms with van der Waals surface area (Å²) >= 11 is 0. The molecule has 2 heterocycles. The minimum Gasteiger partial charge on any atom is -0.504 e. The number of nitrogens with two attached hydrogens (primary N) is 1. The summed E-state index contributed by atoms with van der Waals surface area (Å²) in [5.41, 5.74) is 8.92. The Balaban J connectivity index is 1.34. The van der Waals surface area contributed by atoms with Crippen molar-refractivity contribution < 1.29 is 35.0 Å². The van der Waals surface area contributed by atoms with Gasteiger partial charge in [0.05, 0.1) is 31.5 Å². The number of rotatable bonds is 14. The van der Waals surface area contributed by atoms with Crippen LogP contribution in [0.25, 0.3) is 0 Å². The van der Waals surface area contributed by atoms with E-state index >= 15 is 0 Å². The molecule has 0 saturated heterocycles. The SMILES string of the molecule is CCC1C#CCC(C(O)CCc2ccc(O)c(OC3C(O)C(O)CCC3C(Cc3ccc[nH]3)c3ccnc(N)c3)c2)C(OCCO)CCCC1. The second-order valence-corrected chi connectivity index (χ2v) is 14.0. The predicted molar refractivity (Wildman–Crippen MR) is 192 cm³/mol. The number of aryl methyl sites for hydroxylation is 1. The Morgan fingerprint density at radius 2 is 1.90 bits per heavy atom. The van der Waals surface area contributed by atoms with E-state index in [1.165, 1.54) is 0 Å². The standard InChI is InChI=1S/C40H55N3O7/c1-2-26-7-3-4-11-36(49-22-21-44)31(10-5-8-26)33(45)15-12-27-13-16-34(46)37(23-27)50-40-30(14-17-35(47)39(40)48)32(25-29-9-6-19-42-29)28-18-20-43-38(41)24-28/h6,9,13,16,18-20,23-24,26,30-33,35-36,39-40,42,44-48H,2-4,7,10-12,14-15,17,21-22,25H2,1H3,(H2,41,43). The lowest BCUT2D eigenvalue weighted by molar-refractivity contribution is -0.104. The van der Waals surface area contributed by atoms with Crippen molar-refractivity contribution >= 4 is 5.82 Å². The van der Waals surface area contributed by atoms with Crippen LogP contribution in [0.2, 0.25) is 0 Å². The number of aromatic nitrogens is 2. The summed E-state index contributed by atoms with van der Waals surface area (Å²) in [6.07, 6.45) is 7.72. The van der Waals surface area contributed by atoms with Gasteiger partial charge in [-0.15, -0.1) is 5.92 Å². The van der Waals surface area contributed by atoms with E-state index in [-0.39, 0.29) is 48.6 Å². The summed E-state index contributed by atoms with van der Waals surface area (Å²) in [6.45, 7) is 2.31. The molecule has 50 heavy (non-hydrogen) atoms. The van der Waals surface area contributed by atoms with Crippen molar-refractivity contribution in [3.8, 4) is 23.3 Å². The van der Waals surface area contributed by atoms with Gasteiger partial charge in [0, 0.05) is 42.3 Å². The van der Waals surface area contributed by atoms with Crippen LogP contribution in [0.1, 0.15) is 87.4 Å². The van der Waals surface area contributed by atoms with Gasteiger partial charge in [0.2, 0.25) is 0 Å². The molecule has 1 fully saturated rings. The molecule has 8 N–H and O–H groups in total. The van der Waals surface area contributed by atoms with Crippen molar-refractivity contribution in [3.05, 3.63) is 71.7 Å². The molecule has 1 aromatic carbocycles. The lowest BCUT2D eigenvalue weighted by atomic mass is 9.71. The lowest BCUT2D eigenvalue weighted by Crippen LogP contribution is -2.51. The molecule has 0 spiro atoms. The number of pyridine rings is 1. The van der Waals surface area contributed by atoms with Gasteiger partial charge in [0.1, 0.15) is 18.0 Å². The monoisotopic (exact) mass is 689 g/mol. The largest absolute Gasteiger partial charge is 0.504 e. The Morgan fingerprint density at radius 1 is 1.06 bits per heavy atom. The summed E-state index contributed by atoms with van der Waals surface area (Å²) in [5, 5.41) is 54.0. The van der Waals surface area contributed by atoms with E-state index in [0.717, 1.165) is 48.9 Å². The number of anilines is 1. The van der Waals surface area contributed by atoms with E-state index in [4.69, 9.17) is 15.2 Å². The predicted octanol–water partition coefficient (Wildman–Crippen LogP) is 4.88. The molecule has 2 aromatic heterocycles. The molecule has 10 nitrogen and oxygen atoms in total. The highest BCUT2D eigenvalue weighted by molar-refractivity contribution is 5.42. The van der Waals surface area contributed by atoms with Gasteiger partial charge >= 0.3 is 0 Å². The number of H-pyrrole nitrogens is 1. The second-order valence-electron chi connectivity index (χ2n) is 14.0. The molecule has 1 saturated carbocycles. The maximum atomic E-state index is 11.5. The number of aliphatic hydroxyl groups excluding tert-OH is 4. The Bertz CT molecular complexity index is 1520. The number of aromatic amines is 1. The first-order valence-corrected chi connectivity index (χ1v) is 18.3. The van der Waals surface area contributed by atoms with E-state index in [0.29, 0.717) is 50.3 Å². The van der Waals surface area contributed by atoms with Crippen LogP contribution in [-0.4, -0.2) is 79.2 Å². The average molecular weight is 690 g/mol. The van der Waals surface area contributed by atoms with E-state index in [1.807, 2.05) is 36.5 Å². The Hall–Kier alpha value is -3.59. The van der Waals surface area contributed by atoms with Crippen molar-refractivity contribution in [2.75, 3.05) is 18.9 Å². The van der Waals surface area contributed by atoms with Crippen LogP contribution in [0.3, 0.4) is 0 Å². The van der Waals surface area contributed by atoms with Crippen molar-refractivity contribution in [1.29, 1.82) is 0 Å². The third-order valence-corrected chi connectivity index (χ3v) is 10.6. The number of ether oxygens (including phenoxy) is 2. The van der Waals surface area contributed by atoms with Crippen molar-refractivity contribution in [3.63, 3.8) is 0 Å². The number of hydrogen-bond donors (Lipinski definition) is 7. The minimum atomic E-state index is -1.18. The van der Waals surface area contributed by atoms with Crippen LogP contribution in [0.15, 0.2) is 54.9 Å². The zero-order valence-corrected chi connectivity index (χ0v) is 29.2. The fourth-order valence-corrected chi connectivity index (χ4v) is 7.76. The highest BCUT2D eigenvalue weighted by Crippen LogP contribution is 2.42. The maximum absolute atomic E-state index is 11.5. The first-order valence-electron chi connectivity index (χ1n) is 18.3. The second kappa shape index (κ2) is 18.6. The Kier molecular flexibility index (Phi) is 14.0. The fourth-order valence-electron chi connectivity index (χ4n) is 7.76. The molecule has 5 rings (SSSR count). The quantitative estimate of drug-likeness (QED) is 0.116. The van der Waals surface area contributed by atoms with Gasteiger partial charge in [-0.2, -0.15) is 0 Å². The summed E-state index contributed by atoms with van der Waals surface area (Å²) in [4.78, 5) is 7.46. The van der Waals surface area contributed by atoms with Crippen LogP contribution < -0.4 is 10.5 Å². The molecule has 0 amide bonds. The lowest BCUT2D eigenvalue weighted by Gasteiger charge is -2.42. The molecule has 3 aromatic rings. The molecule has 10 heteroatoms. The van der Waals surface area contributed by atoms with Gasteiger partial charge in [-0.05, 0) is 105 Å². The molecular formula is C40H55N3O7. The van der Waals surface area contributed by atoms with Crippen LogP contribution in [0.4, 0.5) is 5.82 Å². The van der Waals surface area contributed by atoms with Crippen LogP contribution in [0.5, 0.6) is 11.5 Å². The average Bonchev–Trinajstić information content (AvgIpc) is 3.64. The summed E-state index contributed by atoms with van der Waals surface area (Å²) in [6, 6.07) is 12.9. The summed E-state index contributed by atoms with van der Waals surface area (Å²) in [5.74, 6) is 7.12. The molecule has 2 aliphatic rings. The summed E-state index contributed by atoms with van der Waals surface area (Å²) < 4.78 is 12.5. The van der Waals surface area contributed by atoms with Crippen LogP contribution in [0, 0.1) is 29.6 Å². The van der Waals surface area contributed by atoms with Crippen LogP contribution >= 0.6 is 0 Å². The molecule has 2 aliphatic carbocycles. The Morgan fingerprint density at radius 3 is 2.66 bits per heavy atom. The molecule has 9 atom stereocenters. The molecular weight excluding hydrogens is 634 g/mol. The normalized spacial score (nSPS) is 27.1. The van der Waals surface area contributed by atoms with E-state index in [2.05, 4.69) is 28.7 Å². The number of aromatic hydroxyl groups is 1. The van der Waals surface area contributed by atoms with Gasteiger partial charge in [-0.25, -0.2) is 4.98 Å². The minimum absolute atomic E-state index is 0.0695. The molecule has 272 valence electrons. The van der Waals surface area contributed by atoms with Crippen LogP contribution in [-0.2, 0) is 17.6 Å². The number of benzene rings is 1. The van der Waals surface area contributed by atoms with Gasteiger partial charge in [0.25, 0.3) is 0 Å². The number of hydrogen-bond acceptors (Lipinski definition) is 9. The van der Waals surface area contributed by atoms with Gasteiger partial charge < -0.3 is 45.7 Å². The number of phenolic OH excluding ortho intramolecular Hbond substituents is 1. The number of nitrogens with one attached hydrogen (secondary N) is 1. The number of phenols is 1. The van der Waals surface area contributed by atoms with Crippen molar-refractivity contribution in [2.24, 2.45) is 17.8 Å². The molecule has 0 aliphatic heterocycles. The van der Waals surface area contributed by atoms with Crippen molar-refractivity contribution in [2.45, 2.75) is 114 Å². The smallest absolute Gasteiger partial charge is 0.161 e. The third kappa shape index (κ3) is 10.0. The highest BCUT2D eigenvalue weighted by atomic mass is 16.5. The zero-order chi connectivity index (χ0) is 35.5. The highest BCUT2D eigenvalue weighted by Gasteiger charge is 2.44. The molecule has 9 unspecified atom stereocenters. The van der Waals surface area contributed by atoms with Gasteiger partial charge in [-0.3, -0.25) is 0 Å². The van der Waals surface area contributed by atoms with E-state index in [1.54, 1.807) is 18.3 Å². The zero-order valence-electron chi connectivity index (χ0n) is 29.2. The Labute approximate surface area is 296 Å². The fraction of sp³-hybridized carbons (Fsp3) is 0.575. The topological polar surface area (TPSA) is 174 Å². The number of nitrogen functional groups attached to an aromatic ring is 1. The molecule has 0 radical (unpaired) electrons. The van der Waals surface area contributed by atoms with E-state index < -0.39 is 24.4 Å². The first-order chi connectivity index (χ1) is 24.3. The van der Waals surface area contributed by atoms with Gasteiger partial charge in [-0.1, -0.05) is 31.8 Å². The maximum Gasteiger partial charge on any atom is 0.161 e. The number of aliphatic hydroxyl groups is 4. The third-order valence-electron chi connectivity index (χ3n) is 10.6.